The molecule has 102 valence electrons. The number of imide groups is 1. The number of carbonyl (C=O) groups is 2. The van der Waals surface area contributed by atoms with Gasteiger partial charge in [0.1, 0.15) is 11.6 Å². The van der Waals surface area contributed by atoms with Gasteiger partial charge in [0.25, 0.3) is 0 Å². The van der Waals surface area contributed by atoms with Crippen molar-refractivity contribution >= 4 is 11.8 Å². The fourth-order valence-corrected chi connectivity index (χ4v) is 2.03. The zero-order valence-corrected chi connectivity index (χ0v) is 10.5. The summed E-state index contributed by atoms with van der Waals surface area (Å²) in [6.07, 6.45) is 0.595. The van der Waals surface area contributed by atoms with E-state index in [0.717, 1.165) is 4.90 Å². The number of halogens is 2. The van der Waals surface area contributed by atoms with E-state index >= 15 is 0 Å². The van der Waals surface area contributed by atoms with Gasteiger partial charge in [-0.2, -0.15) is 0 Å². The first kappa shape index (κ1) is 13.6. The zero-order chi connectivity index (χ0) is 14.0. The number of benzene rings is 1. The summed E-state index contributed by atoms with van der Waals surface area (Å²) < 4.78 is 26.8. The van der Waals surface area contributed by atoms with Crippen LogP contribution in [0.15, 0.2) is 18.2 Å². The molecule has 1 fully saturated rings. The lowest BCUT2D eigenvalue weighted by Crippen LogP contribution is -2.51. The Morgan fingerprint density at radius 2 is 1.95 bits per heavy atom. The molecule has 19 heavy (non-hydrogen) atoms. The molecule has 1 aromatic carbocycles. The van der Waals surface area contributed by atoms with Crippen molar-refractivity contribution in [3.05, 3.63) is 35.4 Å². The summed E-state index contributed by atoms with van der Waals surface area (Å²) in [5.74, 6) is -1.91. The number of amides is 2. The normalized spacial score (nSPS) is 19.9. The highest BCUT2D eigenvalue weighted by Gasteiger charge is 2.31. The molecule has 0 spiro atoms. The topological polar surface area (TPSA) is 49.4 Å². The molecule has 1 aliphatic heterocycles. The maximum absolute atomic E-state index is 13.4. The van der Waals surface area contributed by atoms with Gasteiger partial charge in [-0.15, -0.1) is 0 Å². The molecule has 0 saturated carbocycles. The maximum Gasteiger partial charge on any atom is 0.246 e. The van der Waals surface area contributed by atoms with Crippen molar-refractivity contribution in [2.75, 3.05) is 7.05 Å². The van der Waals surface area contributed by atoms with Crippen LogP contribution in [0.1, 0.15) is 18.4 Å². The van der Waals surface area contributed by atoms with Crippen LogP contribution in [-0.4, -0.2) is 29.8 Å². The van der Waals surface area contributed by atoms with Gasteiger partial charge in [-0.25, -0.2) is 8.78 Å². The lowest BCUT2D eigenvalue weighted by molar-refractivity contribution is -0.148. The molecule has 1 saturated heterocycles. The van der Waals surface area contributed by atoms with E-state index in [1.807, 2.05) is 0 Å². The predicted molar refractivity (Wildman–Crippen MR) is 64.0 cm³/mol. The Morgan fingerprint density at radius 1 is 1.32 bits per heavy atom. The Morgan fingerprint density at radius 3 is 2.58 bits per heavy atom. The van der Waals surface area contributed by atoms with Gasteiger partial charge in [0.15, 0.2) is 0 Å². The second-order valence-electron chi connectivity index (χ2n) is 4.46. The first-order chi connectivity index (χ1) is 9.00. The van der Waals surface area contributed by atoms with E-state index in [-0.39, 0.29) is 30.3 Å². The van der Waals surface area contributed by atoms with Crippen molar-refractivity contribution in [3.63, 3.8) is 0 Å². The van der Waals surface area contributed by atoms with Crippen LogP contribution in [0.25, 0.3) is 0 Å². The third kappa shape index (κ3) is 2.78. The minimum Gasteiger partial charge on any atom is -0.302 e. The van der Waals surface area contributed by atoms with Crippen LogP contribution in [0, 0.1) is 11.6 Å². The van der Waals surface area contributed by atoms with Gasteiger partial charge in [-0.3, -0.25) is 14.5 Å². The largest absolute Gasteiger partial charge is 0.302 e. The molecule has 0 aromatic heterocycles. The fourth-order valence-electron chi connectivity index (χ4n) is 2.03. The molecule has 1 aliphatic rings. The van der Waals surface area contributed by atoms with Gasteiger partial charge in [0.2, 0.25) is 11.8 Å². The van der Waals surface area contributed by atoms with Crippen molar-refractivity contribution in [3.8, 4) is 0 Å². The lowest BCUT2D eigenvalue weighted by atomic mass is 10.0. The average molecular weight is 268 g/mol. The van der Waals surface area contributed by atoms with E-state index < -0.39 is 17.7 Å². The summed E-state index contributed by atoms with van der Waals surface area (Å²) in [6, 6.07) is 3.03. The molecule has 1 atom stereocenters. The zero-order valence-electron chi connectivity index (χ0n) is 10.5. The van der Waals surface area contributed by atoms with E-state index in [2.05, 4.69) is 5.32 Å². The summed E-state index contributed by atoms with van der Waals surface area (Å²) in [7, 11) is 1.40. The Kier molecular flexibility index (Phi) is 3.90. The molecular formula is C13H14F2N2O2. The number of rotatable bonds is 3. The maximum atomic E-state index is 13.4. The van der Waals surface area contributed by atoms with Crippen molar-refractivity contribution in [1.29, 1.82) is 0 Å². The highest BCUT2D eigenvalue weighted by molar-refractivity contribution is 6.00. The van der Waals surface area contributed by atoms with Gasteiger partial charge in [-0.05, 0) is 18.6 Å². The van der Waals surface area contributed by atoms with Crippen LogP contribution < -0.4 is 5.32 Å². The van der Waals surface area contributed by atoms with Gasteiger partial charge < -0.3 is 5.32 Å². The van der Waals surface area contributed by atoms with Crippen molar-refractivity contribution in [2.45, 2.75) is 25.4 Å². The van der Waals surface area contributed by atoms with E-state index in [4.69, 9.17) is 0 Å². The molecule has 1 unspecified atom stereocenters. The Balaban J connectivity index is 2.03. The Hall–Kier alpha value is -1.82. The highest BCUT2D eigenvalue weighted by atomic mass is 19.1. The minimum absolute atomic E-state index is 0.0864. The van der Waals surface area contributed by atoms with Crippen molar-refractivity contribution in [2.24, 2.45) is 0 Å². The third-order valence-electron chi connectivity index (χ3n) is 3.24. The van der Waals surface area contributed by atoms with Crippen molar-refractivity contribution in [1.82, 2.24) is 10.2 Å². The van der Waals surface area contributed by atoms with E-state index in [1.165, 1.54) is 25.2 Å². The molecule has 0 bridgehead atoms. The van der Waals surface area contributed by atoms with Gasteiger partial charge in [0.05, 0.1) is 6.04 Å². The number of carbonyl (C=O) groups excluding carboxylic acids is 2. The molecular weight excluding hydrogens is 254 g/mol. The summed E-state index contributed by atoms with van der Waals surface area (Å²) in [5, 5.41) is 2.80. The first-order valence-corrected chi connectivity index (χ1v) is 5.97. The van der Waals surface area contributed by atoms with Crippen LogP contribution >= 0.6 is 0 Å². The minimum atomic E-state index is -0.653. The molecule has 1 aromatic rings. The smallest absolute Gasteiger partial charge is 0.246 e. The number of likely N-dealkylation sites (N-methyl/N-ethyl adjacent to an activating group) is 1. The second kappa shape index (κ2) is 5.44. The Labute approximate surface area is 109 Å². The van der Waals surface area contributed by atoms with E-state index in [0.29, 0.717) is 6.42 Å². The predicted octanol–water partition coefficient (Wildman–Crippen LogP) is 1.20. The summed E-state index contributed by atoms with van der Waals surface area (Å²) >= 11 is 0. The van der Waals surface area contributed by atoms with Crippen LogP contribution in [0.4, 0.5) is 8.78 Å². The number of nitrogens with one attached hydrogen (secondary N) is 1. The number of piperidine rings is 1. The van der Waals surface area contributed by atoms with Crippen LogP contribution in [0.3, 0.4) is 0 Å². The molecule has 1 heterocycles. The van der Waals surface area contributed by atoms with Gasteiger partial charge in [-0.1, -0.05) is 6.07 Å². The van der Waals surface area contributed by atoms with Crippen LogP contribution in [-0.2, 0) is 16.1 Å². The Bertz CT molecular complexity index is 499. The van der Waals surface area contributed by atoms with Crippen molar-refractivity contribution < 1.29 is 18.4 Å². The molecule has 0 aliphatic carbocycles. The molecule has 2 amide bonds. The van der Waals surface area contributed by atoms with Crippen LogP contribution in [0.5, 0.6) is 0 Å². The van der Waals surface area contributed by atoms with Crippen LogP contribution in [0.2, 0.25) is 0 Å². The monoisotopic (exact) mass is 268 g/mol. The van der Waals surface area contributed by atoms with Gasteiger partial charge in [0, 0.05) is 25.6 Å². The number of hydrogen-bond donors (Lipinski definition) is 1. The molecule has 1 N–H and O–H groups in total. The molecule has 6 heteroatoms. The van der Waals surface area contributed by atoms with E-state index in [9.17, 15) is 18.4 Å². The first-order valence-electron chi connectivity index (χ1n) is 5.97. The summed E-state index contributed by atoms with van der Waals surface area (Å²) in [5.41, 5.74) is -0.102. The van der Waals surface area contributed by atoms with Gasteiger partial charge >= 0.3 is 0 Å². The fraction of sp³-hybridized carbons (Fsp3) is 0.385. The number of hydrogen-bond acceptors (Lipinski definition) is 3. The number of likely N-dealkylation sites (tertiary alicyclic amines) is 1. The lowest BCUT2D eigenvalue weighted by Gasteiger charge is -2.28. The quantitative estimate of drug-likeness (QED) is 0.838. The molecule has 2 rings (SSSR count). The summed E-state index contributed by atoms with van der Waals surface area (Å²) in [6.45, 7) is -0.0864. The third-order valence-corrected chi connectivity index (χ3v) is 3.24. The highest BCUT2D eigenvalue weighted by Crippen LogP contribution is 2.15. The SMILES string of the molecule is CN1C(=O)CCC(NCc2c(F)cccc2F)C1=O. The average Bonchev–Trinajstić information content (AvgIpc) is 2.38. The number of nitrogens with zero attached hydrogens (tertiary/aromatic N) is 1. The molecule has 0 radical (unpaired) electrons. The second-order valence-corrected chi connectivity index (χ2v) is 4.46. The molecule has 4 nitrogen and oxygen atoms in total. The standard InChI is InChI=1S/C13H14F2N2O2/c1-17-12(18)6-5-11(13(17)19)16-7-8-9(14)3-2-4-10(8)15/h2-4,11,16H,5-7H2,1H3. The summed E-state index contributed by atoms with van der Waals surface area (Å²) in [4.78, 5) is 24.1. The van der Waals surface area contributed by atoms with E-state index in [1.54, 1.807) is 0 Å².